The molecule has 4 unspecified atom stereocenters. The van der Waals surface area contributed by atoms with Crippen LogP contribution in [0.3, 0.4) is 0 Å². The van der Waals surface area contributed by atoms with Gasteiger partial charge in [-0.05, 0) is 0 Å². The molecule has 0 aromatic rings. The Labute approximate surface area is 223 Å². The second-order valence-electron chi connectivity index (χ2n) is 8.81. The monoisotopic (exact) mass is 544 g/mol. The Morgan fingerprint density at radius 1 is 0.351 bits per heavy atom. The van der Waals surface area contributed by atoms with E-state index in [4.69, 9.17) is 56.8 Å². The van der Waals surface area contributed by atoms with Gasteiger partial charge in [0.25, 0.3) is 0 Å². The van der Waals surface area contributed by atoms with Gasteiger partial charge in [-0.2, -0.15) is 0 Å². The van der Waals surface area contributed by atoms with Gasteiger partial charge in [0.15, 0.2) is 0 Å². The SMILES string of the molecule is COCC(COCC(COCC(COC)OC)(COCC(COC)OC)COCC(COC)OC)OC. The maximum atomic E-state index is 6.09. The van der Waals surface area contributed by atoms with Gasteiger partial charge in [-0.15, -0.1) is 0 Å². The van der Waals surface area contributed by atoms with E-state index in [1.807, 2.05) is 0 Å². The fourth-order valence-electron chi connectivity index (χ4n) is 3.36. The molecule has 0 bridgehead atoms. The van der Waals surface area contributed by atoms with Crippen molar-refractivity contribution in [1.29, 1.82) is 0 Å². The quantitative estimate of drug-likeness (QED) is 0.138. The van der Waals surface area contributed by atoms with Gasteiger partial charge in [-0.25, -0.2) is 0 Å². The number of rotatable bonds is 28. The lowest BCUT2D eigenvalue weighted by molar-refractivity contribution is -0.144. The Balaban J connectivity index is 5.50. The summed E-state index contributed by atoms with van der Waals surface area (Å²) in [5, 5.41) is 0. The zero-order chi connectivity index (χ0) is 27.8. The molecule has 0 N–H and O–H groups in total. The van der Waals surface area contributed by atoms with E-state index >= 15 is 0 Å². The maximum Gasteiger partial charge on any atom is 0.104 e. The molecule has 0 heterocycles. The van der Waals surface area contributed by atoms with Crippen molar-refractivity contribution in [3.8, 4) is 0 Å². The molecule has 0 aliphatic carbocycles. The molecule has 0 radical (unpaired) electrons. The fraction of sp³-hybridized carbons (Fsp3) is 1.00. The lowest BCUT2D eigenvalue weighted by Gasteiger charge is -2.34. The Bertz CT molecular complexity index is 399. The number of hydrogen-bond acceptors (Lipinski definition) is 12. The third-order valence-electron chi connectivity index (χ3n) is 5.59. The minimum Gasteiger partial charge on any atom is -0.382 e. The highest BCUT2D eigenvalue weighted by atomic mass is 16.6. The van der Waals surface area contributed by atoms with Gasteiger partial charge in [-0.1, -0.05) is 0 Å². The smallest absolute Gasteiger partial charge is 0.104 e. The molecular formula is C25H52O12. The van der Waals surface area contributed by atoms with E-state index in [1.165, 1.54) is 0 Å². The number of hydrogen-bond donors (Lipinski definition) is 0. The van der Waals surface area contributed by atoms with Crippen LogP contribution in [0.2, 0.25) is 0 Å². The van der Waals surface area contributed by atoms with Crippen molar-refractivity contribution >= 4 is 0 Å². The molecule has 12 heteroatoms. The first-order valence-corrected chi connectivity index (χ1v) is 12.4. The van der Waals surface area contributed by atoms with E-state index < -0.39 is 5.41 Å². The van der Waals surface area contributed by atoms with Crippen LogP contribution in [0.25, 0.3) is 0 Å². The Morgan fingerprint density at radius 3 is 0.730 bits per heavy atom. The van der Waals surface area contributed by atoms with Crippen LogP contribution in [0.5, 0.6) is 0 Å². The summed E-state index contributed by atoms with van der Waals surface area (Å²) in [5.41, 5.74) is -0.645. The summed E-state index contributed by atoms with van der Waals surface area (Å²) in [6, 6.07) is 0. The summed E-state index contributed by atoms with van der Waals surface area (Å²) < 4.78 is 66.9. The van der Waals surface area contributed by atoms with Crippen LogP contribution >= 0.6 is 0 Å². The highest BCUT2D eigenvalue weighted by molar-refractivity contribution is 4.81. The van der Waals surface area contributed by atoms with Crippen LogP contribution in [0, 0.1) is 5.41 Å². The van der Waals surface area contributed by atoms with Crippen LogP contribution in [-0.4, -0.2) is 161 Å². The van der Waals surface area contributed by atoms with Crippen LogP contribution in [0.1, 0.15) is 0 Å². The second-order valence-corrected chi connectivity index (χ2v) is 8.81. The molecule has 0 amide bonds. The van der Waals surface area contributed by atoms with Gasteiger partial charge in [0.2, 0.25) is 0 Å². The first-order chi connectivity index (χ1) is 18.0. The van der Waals surface area contributed by atoms with E-state index in [9.17, 15) is 0 Å². The van der Waals surface area contributed by atoms with Gasteiger partial charge in [-0.3, -0.25) is 0 Å². The van der Waals surface area contributed by atoms with Crippen molar-refractivity contribution < 1.29 is 56.8 Å². The summed E-state index contributed by atoms with van der Waals surface area (Å²) in [4.78, 5) is 0. The normalized spacial score (nSPS) is 16.9. The zero-order valence-corrected chi connectivity index (χ0v) is 24.2. The molecule has 0 aliphatic heterocycles. The summed E-state index contributed by atoms with van der Waals surface area (Å²) >= 11 is 0. The highest BCUT2D eigenvalue weighted by Gasteiger charge is 2.34. The van der Waals surface area contributed by atoms with Crippen LogP contribution in [-0.2, 0) is 56.8 Å². The third-order valence-corrected chi connectivity index (χ3v) is 5.59. The Morgan fingerprint density at radius 2 is 0.568 bits per heavy atom. The number of methoxy groups -OCH3 is 8. The minimum atomic E-state index is -0.645. The Hall–Kier alpha value is -0.480. The molecule has 0 spiro atoms. The van der Waals surface area contributed by atoms with Crippen LogP contribution in [0.4, 0.5) is 0 Å². The predicted molar refractivity (Wildman–Crippen MR) is 136 cm³/mol. The molecule has 0 rings (SSSR count). The van der Waals surface area contributed by atoms with Gasteiger partial charge in [0, 0.05) is 56.9 Å². The van der Waals surface area contributed by atoms with E-state index in [-0.39, 0.29) is 24.4 Å². The molecule has 0 saturated heterocycles. The number of ether oxygens (including phenoxy) is 12. The summed E-state index contributed by atoms with van der Waals surface area (Å²) in [6.07, 6.45) is -0.818. The van der Waals surface area contributed by atoms with Crippen molar-refractivity contribution in [2.75, 3.05) is 136 Å². The largest absolute Gasteiger partial charge is 0.382 e. The van der Waals surface area contributed by atoms with E-state index in [1.54, 1.807) is 56.9 Å². The first kappa shape index (κ1) is 36.5. The van der Waals surface area contributed by atoms with E-state index in [0.29, 0.717) is 79.3 Å². The summed E-state index contributed by atoms with van der Waals surface area (Å²) in [7, 11) is 13.0. The summed E-state index contributed by atoms with van der Waals surface area (Å²) in [6.45, 7) is 4.19. The zero-order valence-electron chi connectivity index (χ0n) is 24.2. The first-order valence-electron chi connectivity index (χ1n) is 12.4. The van der Waals surface area contributed by atoms with Crippen molar-refractivity contribution in [3.63, 3.8) is 0 Å². The van der Waals surface area contributed by atoms with E-state index in [0.717, 1.165) is 0 Å². The van der Waals surface area contributed by atoms with Crippen molar-refractivity contribution in [1.82, 2.24) is 0 Å². The van der Waals surface area contributed by atoms with E-state index in [2.05, 4.69) is 0 Å². The predicted octanol–water partition coefficient (Wildman–Crippen LogP) is 0.685. The lowest BCUT2D eigenvalue weighted by Crippen LogP contribution is -2.44. The van der Waals surface area contributed by atoms with Gasteiger partial charge < -0.3 is 56.8 Å². The fourth-order valence-corrected chi connectivity index (χ4v) is 3.36. The molecule has 0 aromatic heterocycles. The topological polar surface area (TPSA) is 111 Å². The summed E-state index contributed by atoms with van der Waals surface area (Å²) in [5.74, 6) is 0. The maximum absolute atomic E-state index is 6.09. The van der Waals surface area contributed by atoms with Crippen molar-refractivity contribution in [2.24, 2.45) is 5.41 Å². The molecule has 0 fully saturated rings. The molecule has 0 aliphatic rings. The van der Waals surface area contributed by atoms with Gasteiger partial charge >= 0.3 is 0 Å². The Kier molecular flexibility index (Phi) is 24.2. The molecule has 37 heavy (non-hydrogen) atoms. The lowest BCUT2D eigenvalue weighted by atomic mass is 9.92. The standard InChI is InChI=1S/C25H52O12/c1-26-9-21(30-5)13-34-17-25(18-35-14-22(31-6)10-27-2,19-36-15-23(32-7)11-28-3)20-37-16-24(33-8)12-29-4/h21-24H,9-20H2,1-8H3. The second kappa shape index (κ2) is 24.6. The van der Waals surface area contributed by atoms with Gasteiger partial charge in [0.1, 0.15) is 24.4 Å². The molecule has 0 aromatic carbocycles. The molecule has 4 atom stereocenters. The molecule has 12 nitrogen and oxygen atoms in total. The molecule has 224 valence electrons. The van der Waals surface area contributed by atoms with Gasteiger partial charge in [0.05, 0.1) is 84.7 Å². The average molecular weight is 545 g/mol. The highest BCUT2D eigenvalue weighted by Crippen LogP contribution is 2.22. The average Bonchev–Trinajstić information content (AvgIpc) is 2.90. The van der Waals surface area contributed by atoms with Crippen LogP contribution in [0.15, 0.2) is 0 Å². The van der Waals surface area contributed by atoms with Crippen LogP contribution < -0.4 is 0 Å². The molecular weight excluding hydrogens is 492 g/mol. The molecule has 0 saturated carbocycles. The third kappa shape index (κ3) is 17.7. The van der Waals surface area contributed by atoms with Crippen molar-refractivity contribution in [2.45, 2.75) is 24.4 Å². The van der Waals surface area contributed by atoms with Crippen molar-refractivity contribution in [3.05, 3.63) is 0 Å². The minimum absolute atomic E-state index is 0.204.